The quantitative estimate of drug-likeness (QED) is 0.737. The van der Waals surface area contributed by atoms with Gasteiger partial charge in [-0.1, -0.05) is 17.7 Å². The minimum Gasteiger partial charge on any atom is -0.381 e. The maximum absolute atomic E-state index is 12.4. The summed E-state index contributed by atoms with van der Waals surface area (Å²) in [6, 6.07) is 6.14. The Morgan fingerprint density at radius 2 is 2.21 bits per heavy atom. The van der Waals surface area contributed by atoms with Crippen LogP contribution in [0.5, 0.6) is 0 Å². The highest BCUT2D eigenvalue weighted by Gasteiger charge is 2.25. The molecule has 1 amide bonds. The standard InChI is InChI=1S/C17H24ClNO4S/c1-2-23-13-14-5-4-9-19(12-14)17(20)8-10-24(21,22)16-7-3-6-15(18)11-16/h3,6-7,11,14H,2,4-5,8-10,12-13H2,1H3. The predicted molar refractivity (Wildman–Crippen MR) is 93.9 cm³/mol. The van der Waals surface area contributed by atoms with Gasteiger partial charge in [-0.3, -0.25) is 4.79 Å². The highest BCUT2D eigenvalue weighted by Crippen LogP contribution is 2.20. The molecule has 0 saturated carbocycles. The Bertz CT molecular complexity index is 662. The Morgan fingerprint density at radius 3 is 2.92 bits per heavy atom. The summed E-state index contributed by atoms with van der Waals surface area (Å²) in [6.07, 6.45) is 1.98. The summed E-state index contributed by atoms with van der Waals surface area (Å²) in [5.74, 6) is 0.0349. The van der Waals surface area contributed by atoms with E-state index in [1.165, 1.54) is 12.1 Å². The van der Waals surface area contributed by atoms with Crippen LogP contribution in [0.25, 0.3) is 0 Å². The minimum absolute atomic E-state index is 0.00377. The molecule has 1 saturated heterocycles. The van der Waals surface area contributed by atoms with E-state index in [9.17, 15) is 13.2 Å². The van der Waals surface area contributed by atoms with Gasteiger partial charge in [0.05, 0.1) is 17.3 Å². The molecule has 1 heterocycles. The van der Waals surface area contributed by atoms with Crippen LogP contribution in [0.2, 0.25) is 5.02 Å². The summed E-state index contributed by atoms with van der Waals surface area (Å²) < 4.78 is 30.1. The Kier molecular flexibility index (Phi) is 7.07. The molecule has 1 atom stereocenters. The summed E-state index contributed by atoms with van der Waals surface area (Å²) in [5, 5.41) is 0.372. The molecule has 1 fully saturated rings. The van der Waals surface area contributed by atoms with E-state index in [2.05, 4.69) is 0 Å². The van der Waals surface area contributed by atoms with Crippen LogP contribution in [0, 0.1) is 5.92 Å². The Labute approximate surface area is 148 Å². The predicted octanol–water partition coefficient (Wildman–Crippen LogP) is 2.78. The number of carbonyl (C=O) groups is 1. The number of benzene rings is 1. The molecule has 0 bridgehead atoms. The fourth-order valence-corrected chi connectivity index (χ4v) is 4.40. The van der Waals surface area contributed by atoms with Crippen LogP contribution in [0.1, 0.15) is 26.2 Å². The lowest BCUT2D eigenvalue weighted by atomic mass is 9.99. The summed E-state index contributed by atoms with van der Waals surface area (Å²) in [6.45, 7) is 4.62. The number of halogens is 1. The van der Waals surface area contributed by atoms with Crippen molar-refractivity contribution in [1.29, 1.82) is 0 Å². The van der Waals surface area contributed by atoms with Crippen LogP contribution < -0.4 is 0 Å². The van der Waals surface area contributed by atoms with Gasteiger partial charge in [0.25, 0.3) is 0 Å². The van der Waals surface area contributed by atoms with Crippen molar-refractivity contribution < 1.29 is 17.9 Å². The molecule has 1 aliphatic heterocycles. The van der Waals surface area contributed by atoms with Gasteiger partial charge in [0.1, 0.15) is 0 Å². The normalized spacial score (nSPS) is 18.6. The van der Waals surface area contributed by atoms with Crippen molar-refractivity contribution >= 4 is 27.3 Å². The zero-order chi connectivity index (χ0) is 17.6. The van der Waals surface area contributed by atoms with E-state index in [1.54, 1.807) is 17.0 Å². The van der Waals surface area contributed by atoms with Gasteiger partial charge in [0.2, 0.25) is 5.91 Å². The lowest BCUT2D eigenvalue weighted by molar-refractivity contribution is -0.133. The average Bonchev–Trinajstić information content (AvgIpc) is 2.58. The van der Waals surface area contributed by atoms with Crippen LogP contribution in [0.15, 0.2) is 29.2 Å². The van der Waals surface area contributed by atoms with Gasteiger partial charge >= 0.3 is 0 Å². The molecule has 0 aliphatic carbocycles. The molecule has 7 heteroatoms. The first-order valence-corrected chi connectivity index (χ1v) is 10.3. The van der Waals surface area contributed by atoms with Crippen molar-refractivity contribution in [3.63, 3.8) is 0 Å². The van der Waals surface area contributed by atoms with Crippen molar-refractivity contribution in [2.45, 2.75) is 31.1 Å². The fraction of sp³-hybridized carbons (Fsp3) is 0.588. The fourth-order valence-electron chi connectivity index (χ4n) is 2.87. The van der Waals surface area contributed by atoms with E-state index in [1.807, 2.05) is 6.92 Å². The first-order chi connectivity index (χ1) is 11.4. The largest absolute Gasteiger partial charge is 0.381 e. The minimum atomic E-state index is -3.50. The third kappa shape index (κ3) is 5.46. The molecule has 0 N–H and O–H groups in total. The molecule has 134 valence electrons. The highest BCUT2D eigenvalue weighted by atomic mass is 35.5. The maximum atomic E-state index is 12.4. The molecule has 1 aromatic carbocycles. The molecular formula is C17H24ClNO4S. The molecule has 0 radical (unpaired) electrons. The van der Waals surface area contributed by atoms with Gasteiger partial charge in [-0.25, -0.2) is 8.42 Å². The lowest BCUT2D eigenvalue weighted by Gasteiger charge is -2.32. The van der Waals surface area contributed by atoms with Crippen LogP contribution in [0.4, 0.5) is 0 Å². The molecule has 24 heavy (non-hydrogen) atoms. The van der Waals surface area contributed by atoms with Gasteiger partial charge in [-0.15, -0.1) is 0 Å². The zero-order valence-electron chi connectivity index (χ0n) is 13.9. The van der Waals surface area contributed by atoms with Crippen molar-refractivity contribution in [3.8, 4) is 0 Å². The Balaban J connectivity index is 1.90. The second kappa shape index (κ2) is 8.83. The van der Waals surface area contributed by atoms with Crippen LogP contribution in [0.3, 0.4) is 0 Å². The van der Waals surface area contributed by atoms with Gasteiger partial charge in [0, 0.05) is 31.1 Å². The number of amides is 1. The van der Waals surface area contributed by atoms with Crippen LogP contribution in [-0.2, 0) is 19.4 Å². The van der Waals surface area contributed by atoms with E-state index < -0.39 is 9.84 Å². The molecule has 0 aromatic heterocycles. The van der Waals surface area contributed by atoms with E-state index in [4.69, 9.17) is 16.3 Å². The smallest absolute Gasteiger partial charge is 0.223 e. The zero-order valence-corrected chi connectivity index (χ0v) is 15.5. The second-order valence-electron chi connectivity index (χ2n) is 6.03. The molecule has 1 aromatic rings. The number of carbonyl (C=O) groups excluding carboxylic acids is 1. The number of sulfone groups is 1. The van der Waals surface area contributed by atoms with Crippen molar-refractivity contribution in [2.24, 2.45) is 5.92 Å². The lowest BCUT2D eigenvalue weighted by Crippen LogP contribution is -2.41. The van der Waals surface area contributed by atoms with Gasteiger partial charge in [-0.05, 0) is 43.9 Å². The molecule has 2 rings (SSSR count). The Morgan fingerprint density at radius 1 is 1.42 bits per heavy atom. The number of hydrogen-bond donors (Lipinski definition) is 0. The van der Waals surface area contributed by atoms with Crippen LogP contribution >= 0.6 is 11.6 Å². The van der Waals surface area contributed by atoms with Gasteiger partial charge in [-0.2, -0.15) is 0 Å². The van der Waals surface area contributed by atoms with Gasteiger partial charge < -0.3 is 9.64 Å². The summed E-state index contributed by atoms with van der Waals surface area (Å²) in [4.78, 5) is 14.3. The van der Waals surface area contributed by atoms with Gasteiger partial charge in [0.15, 0.2) is 9.84 Å². The van der Waals surface area contributed by atoms with E-state index >= 15 is 0 Å². The van der Waals surface area contributed by atoms with E-state index in [0.29, 0.717) is 37.2 Å². The SMILES string of the molecule is CCOCC1CCCN(C(=O)CCS(=O)(=O)c2cccc(Cl)c2)C1. The average molecular weight is 374 g/mol. The number of likely N-dealkylation sites (tertiary alicyclic amines) is 1. The number of rotatable bonds is 7. The first-order valence-electron chi connectivity index (χ1n) is 8.26. The summed E-state index contributed by atoms with van der Waals surface area (Å²) in [5.41, 5.74) is 0. The molecule has 0 spiro atoms. The van der Waals surface area contributed by atoms with E-state index in [-0.39, 0.29) is 23.0 Å². The topological polar surface area (TPSA) is 63.7 Å². The molecule has 1 aliphatic rings. The number of hydrogen-bond acceptors (Lipinski definition) is 4. The number of ether oxygens (including phenoxy) is 1. The third-order valence-corrected chi connectivity index (χ3v) is 6.12. The monoisotopic (exact) mass is 373 g/mol. The van der Waals surface area contributed by atoms with Crippen molar-refractivity contribution in [1.82, 2.24) is 4.90 Å². The molecule has 5 nitrogen and oxygen atoms in total. The summed E-state index contributed by atoms with van der Waals surface area (Å²) >= 11 is 5.84. The Hall–Kier alpha value is -1.11. The van der Waals surface area contributed by atoms with E-state index in [0.717, 1.165) is 12.8 Å². The second-order valence-corrected chi connectivity index (χ2v) is 8.58. The number of piperidine rings is 1. The first kappa shape index (κ1) is 19.2. The number of nitrogens with zero attached hydrogens (tertiary/aromatic N) is 1. The third-order valence-electron chi connectivity index (χ3n) is 4.17. The molecular weight excluding hydrogens is 350 g/mol. The van der Waals surface area contributed by atoms with Crippen LogP contribution in [-0.4, -0.2) is 51.3 Å². The van der Waals surface area contributed by atoms with Crippen molar-refractivity contribution in [2.75, 3.05) is 32.1 Å². The molecule has 1 unspecified atom stereocenters. The maximum Gasteiger partial charge on any atom is 0.223 e. The highest BCUT2D eigenvalue weighted by molar-refractivity contribution is 7.91. The van der Waals surface area contributed by atoms with Crippen molar-refractivity contribution in [3.05, 3.63) is 29.3 Å². The summed E-state index contributed by atoms with van der Waals surface area (Å²) in [7, 11) is -3.50.